The van der Waals surface area contributed by atoms with Gasteiger partial charge in [0.25, 0.3) is 0 Å². The number of methoxy groups -OCH3 is 1. The zero-order chi connectivity index (χ0) is 14.1. The highest BCUT2D eigenvalue weighted by atomic mass is 16.5. The van der Waals surface area contributed by atoms with Gasteiger partial charge in [-0.3, -0.25) is 5.10 Å². The number of aromatic nitrogens is 4. The second-order valence-corrected chi connectivity index (χ2v) is 4.09. The molecule has 3 rings (SSSR count). The third-order valence-electron chi connectivity index (χ3n) is 2.83. The largest absolute Gasteiger partial charge is 0.480 e. The van der Waals surface area contributed by atoms with Crippen LogP contribution in [0.2, 0.25) is 0 Å². The van der Waals surface area contributed by atoms with Crippen molar-refractivity contribution in [1.82, 2.24) is 20.2 Å². The minimum absolute atomic E-state index is 0.0425. The number of carbonyl (C=O) groups is 1. The van der Waals surface area contributed by atoms with Gasteiger partial charge in [-0.2, -0.15) is 5.10 Å². The van der Waals surface area contributed by atoms with E-state index in [0.29, 0.717) is 22.6 Å². The summed E-state index contributed by atoms with van der Waals surface area (Å²) in [5, 5.41) is 15.3. The number of H-pyrrole nitrogens is 1. The lowest BCUT2D eigenvalue weighted by molar-refractivity contribution is 0.0690. The van der Waals surface area contributed by atoms with E-state index in [4.69, 9.17) is 9.84 Å². The Morgan fingerprint density at radius 1 is 1.30 bits per heavy atom. The van der Waals surface area contributed by atoms with Crippen LogP contribution in [-0.4, -0.2) is 38.4 Å². The van der Waals surface area contributed by atoms with Crippen LogP contribution in [-0.2, 0) is 0 Å². The molecule has 20 heavy (non-hydrogen) atoms. The number of ether oxygens (including phenoxy) is 1. The van der Waals surface area contributed by atoms with Gasteiger partial charge in [0.1, 0.15) is 5.69 Å². The van der Waals surface area contributed by atoms with Gasteiger partial charge in [-0.25, -0.2) is 14.8 Å². The van der Waals surface area contributed by atoms with Crippen LogP contribution in [0, 0.1) is 0 Å². The predicted molar refractivity (Wildman–Crippen MR) is 70.6 cm³/mol. The van der Waals surface area contributed by atoms with Crippen LogP contribution in [0.3, 0.4) is 0 Å². The molecule has 2 heterocycles. The van der Waals surface area contributed by atoms with Crippen molar-refractivity contribution in [2.24, 2.45) is 0 Å². The van der Waals surface area contributed by atoms with Crippen molar-refractivity contribution in [3.63, 3.8) is 0 Å². The fourth-order valence-electron chi connectivity index (χ4n) is 1.83. The van der Waals surface area contributed by atoms with Gasteiger partial charge >= 0.3 is 5.97 Å². The molecule has 0 bridgehead atoms. The Labute approximate surface area is 113 Å². The molecule has 0 aliphatic rings. The van der Waals surface area contributed by atoms with Crippen molar-refractivity contribution in [2.75, 3.05) is 7.11 Å². The summed E-state index contributed by atoms with van der Waals surface area (Å²) in [5.41, 5.74) is 2.73. The molecule has 0 radical (unpaired) electrons. The van der Waals surface area contributed by atoms with Crippen molar-refractivity contribution in [3.05, 3.63) is 36.2 Å². The van der Waals surface area contributed by atoms with E-state index in [0.717, 1.165) is 5.56 Å². The molecule has 0 amide bonds. The lowest BCUT2D eigenvalue weighted by atomic mass is 10.1. The zero-order valence-electron chi connectivity index (χ0n) is 10.5. The smallest absolute Gasteiger partial charge is 0.353 e. The van der Waals surface area contributed by atoms with Gasteiger partial charge in [0.2, 0.25) is 5.88 Å². The summed E-state index contributed by atoms with van der Waals surface area (Å²) in [5.74, 6) is -0.604. The van der Waals surface area contributed by atoms with Crippen molar-refractivity contribution in [1.29, 1.82) is 0 Å². The van der Waals surface area contributed by atoms with Crippen LogP contribution in [0.5, 0.6) is 5.88 Å². The summed E-state index contributed by atoms with van der Waals surface area (Å²) < 4.78 is 5.01. The third-order valence-corrected chi connectivity index (χ3v) is 2.83. The summed E-state index contributed by atoms with van der Waals surface area (Å²) in [6, 6.07) is 6.86. The van der Waals surface area contributed by atoms with E-state index in [9.17, 15) is 4.79 Å². The van der Waals surface area contributed by atoms with Gasteiger partial charge in [-0.05, 0) is 18.2 Å². The van der Waals surface area contributed by atoms with Gasteiger partial charge in [0.15, 0.2) is 0 Å². The van der Waals surface area contributed by atoms with Gasteiger partial charge in [0, 0.05) is 5.56 Å². The highest BCUT2D eigenvalue weighted by Crippen LogP contribution is 2.22. The number of benzene rings is 1. The van der Waals surface area contributed by atoms with Crippen molar-refractivity contribution < 1.29 is 14.6 Å². The number of hydrogen-bond donors (Lipinski definition) is 2. The highest BCUT2D eigenvalue weighted by Gasteiger charge is 2.10. The molecule has 0 saturated carbocycles. The summed E-state index contributed by atoms with van der Waals surface area (Å²) in [6.45, 7) is 0. The second kappa shape index (κ2) is 4.61. The van der Waals surface area contributed by atoms with Crippen LogP contribution in [0.15, 0.2) is 30.5 Å². The Hall–Kier alpha value is -2.96. The Morgan fingerprint density at radius 3 is 2.85 bits per heavy atom. The molecule has 0 atom stereocenters. The van der Waals surface area contributed by atoms with Gasteiger partial charge < -0.3 is 9.84 Å². The van der Waals surface area contributed by atoms with Crippen LogP contribution in [0.4, 0.5) is 0 Å². The zero-order valence-corrected chi connectivity index (χ0v) is 10.5. The molecule has 7 nitrogen and oxygen atoms in total. The SMILES string of the molecule is COc1cnc2cc(-c3cc(C(=O)O)[nH]n3)ccc2n1. The number of nitrogens with one attached hydrogen (secondary N) is 1. The van der Waals surface area contributed by atoms with E-state index < -0.39 is 5.97 Å². The normalized spacial score (nSPS) is 10.7. The summed E-state index contributed by atoms with van der Waals surface area (Å²) in [7, 11) is 1.53. The molecule has 7 heteroatoms. The molecule has 0 aliphatic heterocycles. The molecule has 0 aliphatic carbocycles. The van der Waals surface area contributed by atoms with Crippen molar-refractivity contribution in [2.45, 2.75) is 0 Å². The van der Waals surface area contributed by atoms with E-state index in [1.807, 2.05) is 0 Å². The fraction of sp³-hybridized carbons (Fsp3) is 0.0769. The molecule has 0 fully saturated rings. The molecule has 0 spiro atoms. The first-order chi connectivity index (χ1) is 9.67. The van der Waals surface area contributed by atoms with Gasteiger partial charge in [0.05, 0.1) is 30.0 Å². The topological polar surface area (TPSA) is 101 Å². The first-order valence-electron chi connectivity index (χ1n) is 5.77. The van der Waals surface area contributed by atoms with E-state index >= 15 is 0 Å². The number of carboxylic acids is 1. The van der Waals surface area contributed by atoms with E-state index in [-0.39, 0.29) is 5.69 Å². The highest BCUT2D eigenvalue weighted by molar-refractivity contribution is 5.87. The van der Waals surface area contributed by atoms with E-state index in [1.165, 1.54) is 19.4 Å². The van der Waals surface area contributed by atoms with Crippen molar-refractivity contribution in [3.8, 4) is 17.1 Å². The number of rotatable bonds is 3. The Balaban J connectivity index is 2.05. The molecule has 2 N–H and O–H groups in total. The maximum atomic E-state index is 10.8. The van der Waals surface area contributed by atoms with Gasteiger partial charge in [-0.1, -0.05) is 6.07 Å². The molecule has 100 valence electrons. The number of fused-ring (bicyclic) bond motifs is 1. The molecule has 0 saturated heterocycles. The van der Waals surface area contributed by atoms with Crippen LogP contribution in [0.1, 0.15) is 10.5 Å². The molecule has 0 unspecified atom stereocenters. The summed E-state index contributed by atoms with van der Waals surface area (Å²) in [6.07, 6.45) is 1.53. The average molecular weight is 270 g/mol. The fourth-order valence-corrected chi connectivity index (χ4v) is 1.83. The Morgan fingerprint density at radius 2 is 2.15 bits per heavy atom. The second-order valence-electron chi connectivity index (χ2n) is 4.09. The monoisotopic (exact) mass is 270 g/mol. The van der Waals surface area contributed by atoms with Gasteiger partial charge in [-0.15, -0.1) is 0 Å². The lowest BCUT2D eigenvalue weighted by Gasteiger charge is -2.02. The molecular formula is C13H10N4O3. The van der Waals surface area contributed by atoms with E-state index in [1.54, 1.807) is 18.2 Å². The van der Waals surface area contributed by atoms with Crippen LogP contribution >= 0.6 is 0 Å². The molecule has 1 aromatic carbocycles. The molecule has 2 aromatic heterocycles. The van der Waals surface area contributed by atoms with E-state index in [2.05, 4.69) is 20.2 Å². The predicted octanol–water partition coefficient (Wildman–Crippen LogP) is 1.73. The Bertz CT molecular complexity index is 797. The Kier molecular flexibility index (Phi) is 2.79. The first-order valence-corrected chi connectivity index (χ1v) is 5.77. The minimum atomic E-state index is -1.05. The summed E-state index contributed by atoms with van der Waals surface area (Å²) in [4.78, 5) is 19.3. The van der Waals surface area contributed by atoms with Crippen LogP contribution in [0.25, 0.3) is 22.3 Å². The lowest BCUT2D eigenvalue weighted by Crippen LogP contribution is -1.95. The maximum absolute atomic E-state index is 10.8. The number of hydrogen-bond acceptors (Lipinski definition) is 5. The minimum Gasteiger partial charge on any atom is -0.480 e. The first kappa shape index (κ1) is 12.1. The maximum Gasteiger partial charge on any atom is 0.353 e. The third kappa shape index (κ3) is 2.05. The summed E-state index contributed by atoms with van der Waals surface area (Å²) >= 11 is 0. The van der Waals surface area contributed by atoms with Crippen LogP contribution < -0.4 is 4.74 Å². The molecular weight excluding hydrogens is 260 g/mol. The quantitative estimate of drug-likeness (QED) is 0.751. The number of aromatic amines is 1. The molecule has 3 aromatic rings. The average Bonchev–Trinajstić information content (AvgIpc) is 2.96. The number of nitrogens with zero attached hydrogens (tertiary/aromatic N) is 3. The van der Waals surface area contributed by atoms with Crippen molar-refractivity contribution >= 4 is 17.0 Å². The number of aromatic carboxylic acids is 1. The standard InChI is InChI=1S/C13H10N4O3/c1-20-12-6-14-10-4-7(2-3-8(10)15-12)9-5-11(13(18)19)17-16-9/h2-6H,1H3,(H,16,17)(H,18,19). The number of carboxylic acid groups (broad SMARTS) is 1.